The summed E-state index contributed by atoms with van der Waals surface area (Å²) in [5.74, 6) is -0.00143. The smallest absolute Gasteiger partial charge is 0.308 e. The topological polar surface area (TPSA) is 58.9 Å². The molecule has 0 saturated heterocycles. The number of benzene rings is 2. The molecular formula is C23H21ClFNO5. The first-order valence-corrected chi connectivity index (χ1v) is 9.96. The molecule has 0 fully saturated rings. The molecule has 8 heteroatoms. The van der Waals surface area contributed by atoms with Gasteiger partial charge in [0.2, 0.25) is 0 Å². The normalized spacial score (nSPS) is 17.3. The van der Waals surface area contributed by atoms with Gasteiger partial charge in [-0.3, -0.25) is 4.79 Å². The Morgan fingerprint density at radius 3 is 2.65 bits per heavy atom. The zero-order valence-corrected chi connectivity index (χ0v) is 18.0. The van der Waals surface area contributed by atoms with Crippen LogP contribution in [0, 0.1) is 5.82 Å². The number of halogens is 2. The minimum absolute atomic E-state index is 0.0490. The number of fused-ring (bicyclic) bond motifs is 3. The summed E-state index contributed by atoms with van der Waals surface area (Å²) in [4.78, 5) is 12.1. The number of esters is 1. The van der Waals surface area contributed by atoms with Crippen LogP contribution in [0.5, 0.6) is 11.5 Å². The van der Waals surface area contributed by atoms with Crippen molar-refractivity contribution in [3.8, 4) is 17.2 Å². The maximum atomic E-state index is 15.2. The molecule has 0 bridgehead atoms. The zero-order chi connectivity index (χ0) is 22.1. The van der Waals surface area contributed by atoms with Crippen LogP contribution in [0.2, 0.25) is 5.02 Å². The third-order valence-electron chi connectivity index (χ3n) is 5.29. The molecular weight excluding hydrogens is 425 g/mol. The summed E-state index contributed by atoms with van der Waals surface area (Å²) in [6, 6.07) is 11.8. The van der Waals surface area contributed by atoms with Crippen LogP contribution < -0.4 is 9.47 Å². The number of hydrogen-bond acceptors (Lipinski definition) is 5. The lowest BCUT2D eigenvalue weighted by Crippen LogP contribution is -2.15. The van der Waals surface area contributed by atoms with Crippen LogP contribution in [-0.2, 0) is 14.3 Å². The lowest BCUT2D eigenvalue weighted by atomic mass is 9.98. The third kappa shape index (κ3) is 3.75. The van der Waals surface area contributed by atoms with Gasteiger partial charge in [-0.2, -0.15) is 0 Å². The molecule has 0 radical (unpaired) electrons. The number of ether oxygens (including phenoxy) is 4. The number of aromatic nitrogens is 1. The van der Waals surface area contributed by atoms with Crippen LogP contribution in [0.1, 0.15) is 35.4 Å². The minimum atomic E-state index is -0.789. The van der Waals surface area contributed by atoms with Gasteiger partial charge in [0.15, 0.2) is 11.5 Å². The average molecular weight is 446 g/mol. The fourth-order valence-electron chi connectivity index (χ4n) is 3.95. The molecule has 1 aliphatic heterocycles. The van der Waals surface area contributed by atoms with Gasteiger partial charge in [-0.25, -0.2) is 4.39 Å². The molecule has 1 aliphatic rings. The molecule has 2 atom stereocenters. The molecule has 2 heterocycles. The van der Waals surface area contributed by atoms with Gasteiger partial charge in [0.1, 0.15) is 18.0 Å². The van der Waals surface area contributed by atoms with Crippen molar-refractivity contribution in [2.45, 2.75) is 18.6 Å². The molecule has 31 heavy (non-hydrogen) atoms. The summed E-state index contributed by atoms with van der Waals surface area (Å²) < 4.78 is 39.3. The van der Waals surface area contributed by atoms with Crippen LogP contribution in [0.4, 0.5) is 4.39 Å². The van der Waals surface area contributed by atoms with Gasteiger partial charge < -0.3 is 23.5 Å². The summed E-state index contributed by atoms with van der Waals surface area (Å²) in [7, 11) is 4.37. The summed E-state index contributed by atoms with van der Waals surface area (Å²) in [6.07, 6.45) is 0.188. The second-order valence-corrected chi connectivity index (χ2v) is 7.43. The van der Waals surface area contributed by atoms with E-state index < -0.39 is 24.0 Å². The standard InChI is InChI=1S/C23H21ClFNO5/c1-28-18-8-4-6-14(23(18)30-3)22-15-10-13(24)11-16(25)21(15)26-9-5-7-17(26)19(31-22)12-20(27)29-2/h4-11,19,22H,12H2,1-3H3/t19-,22-/m0/s1. The Morgan fingerprint density at radius 2 is 1.94 bits per heavy atom. The predicted octanol–water partition coefficient (Wildman–Crippen LogP) is 5.01. The zero-order valence-electron chi connectivity index (χ0n) is 17.2. The monoisotopic (exact) mass is 445 g/mol. The molecule has 0 N–H and O–H groups in total. The first kappa shape index (κ1) is 21.2. The lowest BCUT2D eigenvalue weighted by molar-refractivity contribution is -0.145. The molecule has 4 rings (SSSR count). The molecule has 0 saturated carbocycles. The highest BCUT2D eigenvalue weighted by Gasteiger charge is 2.35. The first-order chi connectivity index (χ1) is 15.0. The van der Waals surface area contributed by atoms with Crippen LogP contribution in [0.3, 0.4) is 0 Å². The van der Waals surface area contributed by atoms with E-state index in [2.05, 4.69) is 0 Å². The molecule has 162 valence electrons. The van der Waals surface area contributed by atoms with Crippen molar-refractivity contribution in [3.63, 3.8) is 0 Å². The van der Waals surface area contributed by atoms with E-state index in [1.54, 1.807) is 41.1 Å². The van der Waals surface area contributed by atoms with Crippen molar-refractivity contribution < 1.29 is 28.1 Å². The molecule has 0 unspecified atom stereocenters. The number of para-hydroxylation sites is 1. The fraction of sp³-hybridized carbons (Fsp3) is 0.261. The number of rotatable bonds is 5. The predicted molar refractivity (Wildman–Crippen MR) is 113 cm³/mol. The second kappa shape index (κ2) is 8.61. The van der Waals surface area contributed by atoms with Crippen LogP contribution in [0.15, 0.2) is 48.7 Å². The Hall–Kier alpha value is -3.03. The summed E-state index contributed by atoms with van der Waals surface area (Å²) in [6.45, 7) is 0. The van der Waals surface area contributed by atoms with Gasteiger partial charge in [-0.15, -0.1) is 0 Å². The van der Waals surface area contributed by atoms with Gasteiger partial charge in [-0.05, 0) is 30.3 Å². The van der Waals surface area contributed by atoms with Gasteiger partial charge in [0.05, 0.1) is 39.1 Å². The summed E-state index contributed by atoms with van der Waals surface area (Å²) in [5, 5.41) is 0.229. The van der Waals surface area contributed by atoms with Crippen molar-refractivity contribution in [2.75, 3.05) is 21.3 Å². The maximum absolute atomic E-state index is 15.2. The number of carbonyl (C=O) groups is 1. The molecule has 0 aliphatic carbocycles. The Bertz CT molecular complexity index is 1130. The highest BCUT2D eigenvalue weighted by atomic mass is 35.5. The first-order valence-electron chi connectivity index (χ1n) is 9.58. The Morgan fingerprint density at radius 1 is 1.13 bits per heavy atom. The van der Waals surface area contributed by atoms with Gasteiger partial charge in [0.25, 0.3) is 0 Å². The molecule has 0 amide bonds. The number of methoxy groups -OCH3 is 3. The molecule has 6 nitrogen and oxygen atoms in total. The third-order valence-corrected chi connectivity index (χ3v) is 5.51. The number of nitrogens with zero attached hydrogens (tertiary/aromatic N) is 1. The largest absolute Gasteiger partial charge is 0.493 e. The van der Waals surface area contributed by atoms with Crippen molar-refractivity contribution in [3.05, 3.63) is 76.3 Å². The Labute approximate surface area is 184 Å². The summed E-state index contributed by atoms with van der Waals surface area (Å²) in [5.41, 5.74) is 2.04. The minimum Gasteiger partial charge on any atom is -0.493 e. The number of carbonyl (C=O) groups excluding carboxylic acids is 1. The quantitative estimate of drug-likeness (QED) is 0.517. The van der Waals surface area contributed by atoms with Crippen molar-refractivity contribution >= 4 is 17.6 Å². The second-order valence-electron chi connectivity index (χ2n) is 7.00. The SMILES string of the molecule is COC(=O)C[C@@H]1O[C@@H](c2cccc(OC)c2OC)c2cc(Cl)cc(F)c2-n2cccc21. The van der Waals surface area contributed by atoms with E-state index in [0.29, 0.717) is 34.0 Å². The molecule has 2 aromatic carbocycles. The molecule has 1 aromatic heterocycles. The lowest BCUT2D eigenvalue weighted by Gasteiger charge is -2.25. The molecule has 0 spiro atoms. The van der Waals surface area contributed by atoms with Crippen LogP contribution >= 0.6 is 11.6 Å². The Balaban J connectivity index is 1.98. The van der Waals surface area contributed by atoms with Crippen LogP contribution in [-0.4, -0.2) is 31.9 Å². The van der Waals surface area contributed by atoms with Gasteiger partial charge in [0, 0.05) is 22.3 Å². The van der Waals surface area contributed by atoms with Crippen molar-refractivity contribution in [2.24, 2.45) is 0 Å². The van der Waals surface area contributed by atoms with Crippen LogP contribution in [0.25, 0.3) is 5.69 Å². The van der Waals surface area contributed by atoms with Gasteiger partial charge >= 0.3 is 5.97 Å². The summed E-state index contributed by atoms with van der Waals surface area (Å²) >= 11 is 6.23. The van der Waals surface area contributed by atoms with Crippen molar-refractivity contribution in [1.29, 1.82) is 0 Å². The highest BCUT2D eigenvalue weighted by Crippen LogP contribution is 2.47. The van der Waals surface area contributed by atoms with Gasteiger partial charge in [-0.1, -0.05) is 23.7 Å². The van der Waals surface area contributed by atoms with E-state index >= 15 is 4.39 Å². The average Bonchev–Trinajstić information content (AvgIpc) is 3.20. The van der Waals surface area contributed by atoms with E-state index in [1.165, 1.54) is 27.4 Å². The van der Waals surface area contributed by atoms with E-state index in [9.17, 15) is 4.79 Å². The Kier molecular flexibility index (Phi) is 5.89. The number of hydrogen-bond donors (Lipinski definition) is 0. The van der Waals surface area contributed by atoms with E-state index in [1.807, 2.05) is 6.07 Å². The highest BCUT2D eigenvalue weighted by molar-refractivity contribution is 6.30. The van der Waals surface area contributed by atoms with E-state index in [4.69, 9.17) is 30.5 Å². The fourth-order valence-corrected chi connectivity index (χ4v) is 4.17. The van der Waals surface area contributed by atoms with E-state index in [0.717, 1.165) is 0 Å². The van der Waals surface area contributed by atoms with Crippen molar-refractivity contribution in [1.82, 2.24) is 4.57 Å². The maximum Gasteiger partial charge on any atom is 0.308 e. The van der Waals surface area contributed by atoms with E-state index in [-0.39, 0.29) is 11.4 Å². The molecule has 3 aromatic rings.